The number of amides is 1. The molecule has 0 aromatic heterocycles. The van der Waals surface area contributed by atoms with Crippen LogP contribution in [0.1, 0.15) is 25.3 Å². The molecule has 7 nitrogen and oxygen atoms in total. The number of nitrogens with zero attached hydrogens (tertiary/aromatic N) is 1. The van der Waals surface area contributed by atoms with Gasteiger partial charge in [0.2, 0.25) is 15.9 Å². The number of benzene rings is 1. The molecular formula is C16H22N2O5S. The van der Waals surface area contributed by atoms with E-state index in [4.69, 9.17) is 5.11 Å². The molecule has 1 aromatic rings. The van der Waals surface area contributed by atoms with Crippen LogP contribution in [0.25, 0.3) is 0 Å². The smallest absolute Gasteiger partial charge is 0.308 e. The van der Waals surface area contributed by atoms with Crippen molar-refractivity contribution in [3.05, 3.63) is 29.8 Å². The Labute approximate surface area is 141 Å². The molecule has 0 aliphatic carbocycles. The Balaban J connectivity index is 2.13. The second-order valence-electron chi connectivity index (χ2n) is 6.07. The summed E-state index contributed by atoms with van der Waals surface area (Å²) in [4.78, 5) is 23.3. The Hall–Kier alpha value is -1.93. The molecule has 0 bridgehead atoms. The van der Waals surface area contributed by atoms with Gasteiger partial charge < -0.3 is 10.4 Å². The van der Waals surface area contributed by atoms with E-state index in [2.05, 4.69) is 5.32 Å². The zero-order valence-corrected chi connectivity index (χ0v) is 14.5. The number of hydrogen-bond donors (Lipinski definition) is 2. The largest absolute Gasteiger partial charge is 0.481 e. The fourth-order valence-electron chi connectivity index (χ4n) is 2.59. The Morgan fingerprint density at radius 3 is 2.54 bits per heavy atom. The summed E-state index contributed by atoms with van der Waals surface area (Å²) in [5.41, 5.74) is 0.951. The van der Waals surface area contributed by atoms with Crippen LogP contribution in [0.15, 0.2) is 29.2 Å². The Morgan fingerprint density at radius 1 is 1.33 bits per heavy atom. The van der Waals surface area contributed by atoms with Gasteiger partial charge in [0.1, 0.15) is 6.04 Å². The molecule has 1 saturated heterocycles. The van der Waals surface area contributed by atoms with Crippen molar-refractivity contribution in [2.24, 2.45) is 5.92 Å². The normalized spacial score (nSPS) is 19.8. The van der Waals surface area contributed by atoms with Crippen LogP contribution in [0.5, 0.6) is 0 Å². The number of carboxylic acid groups (broad SMARTS) is 1. The average Bonchev–Trinajstić information content (AvgIpc) is 3.03. The number of carbonyl (C=O) groups excluding carboxylic acids is 1. The third-order valence-corrected chi connectivity index (χ3v) is 6.06. The van der Waals surface area contributed by atoms with Crippen molar-refractivity contribution in [1.29, 1.82) is 0 Å². The molecule has 2 N–H and O–H groups in total. The van der Waals surface area contributed by atoms with Crippen LogP contribution in [-0.4, -0.2) is 48.8 Å². The van der Waals surface area contributed by atoms with Gasteiger partial charge in [-0.15, -0.1) is 0 Å². The van der Waals surface area contributed by atoms with Gasteiger partial charge in [0, 0.05) is 13.1 Å². The maximum absolute atomic E-state index is 12.8. The lowest BCUT2D eigenvalue weighted by atomic mass is 10.1. The van der Waals surface area contributed by atoms with E-state index in [1.165, 1.54) is 23.4 Å². The molecule has 132 valence electrons. The van der Waals surface area contributed by atoms with Crippen molar-refractivity contribution in [2.75, 3.05) is 13.1 Å². The quantitative estimate of drug-likeness (QED) is 0.793. The van der Waals surface area contributed by atoms with Crippen molar-refractivity contribution in [3.63, 3.8) is 0 Å². The lowest BCUT2D eigenvalue weighted by Crippen LogP contribution is -2.47. The second-order valence-corrected chi connectivity index (χ2v) is 7.96. The van der Waals surface area contributed by atoms with E-state index in [1.54, 1.807) is 12.1 Å². The van der Waals surface area contributed by atoms with Gasteiger partial charge in [-0.05, 0) is 31.9 Å². The van der Waals surface area contributed by atoms with Gasteiger partial charge >= 0.3 is 5.97 Å². The van der Waals surface area contributed by atoms with Crippen LogP contribution in [0.3, 0.4) is 0 Å². The third kappa shape index (κ3) is 3.93. The fraction of sp³-hybridized carbons (Fsp3) is 0.500. The van der Waals surface area contributed by atoms with E-state index in [9.17, 15) is 18.0 Å². The average molecular weight is 354 g/mol. The van der Waals surface area contributed by atoms with Crippen LogP contribution in [0.4, 0.5) is 0 Å². The predicted octanol–water partition coefficient (Wildman–Crippen LogP) is 0.985. The molecule has 24 heavy (non-hydrogen) atoms. The first-order valence-corrected chi connectivity index (χ1v) is 9.26. The first kappa shape index (κ1) is 18.4. The van der Waals surface area contributed by atoms with Gasteiger partial charge in [-0.25, -0.2) is 8.42 Å². The molecule has 0 saturated carbocycles. The van der Waals surface area contributed by atoms with E-state index in [1.807, 2.05) is 6.92 Å². The minimum absolute atomic E-state index is 0.0247. The monoisotopic (exact) mass is 354 g/mol. The van der Waals surface area contributed by atoms with Crippen molar-refractivity contribution in [2.45, 2.75) is 37.6 Å². The second kappa shape index (κ2) is 7.31. The van der Waals surface area contributed by atoms with Crippen molar-refractivity contribution < 1.29 is 23.1 Å². The zero-order chi connectivity index (χ0) is 17.9. The third-order valence-electron chi connectivity index (χ3n) is 4.14. The molecule has 1 aliphatic rings. The summed E-state index contributed by atoms with van der Waals surface area (Å²) in [7, 11) is -3.75. The summed E-state index contributed by atoms with van der Waals surface area (Å²) >= 11 is 0. The van der Waals surface area contributed by atoms with Crippen LogP contribution in [0, 0.1) is 12.8 Å². The van der Waals surface area contributed by atoms with Crippen LogP contribution in [-0.2, 0) is 19.6 Å². The summed E-state index contributed by atoms with van der Waals surface area (Å²) in [5, 5.41) is 11.4. The summed E-state index contributed by atoms with van der Waals surface area (Å²) in [6.07, 6.45) is 1.02. The minimum atomic E-state index is -3.75. The van der Waals surface area contributed by atoms with Gasteiger partial charge in [-0.2, -0.15) is 4.31 Å². The number of sulfonamides is 1. The van der Waals surface area contributed by atoms with Gasteiger partial charge in [0.25, 0.3) is 0 Å². The summed E-state index contributed by atoms with van der Waals surface area (Å²) in [6, 6.07) is 5.70. The van der Waals surface area contributed by atoms with Crippen molar-refractivity contribution >= 4 is 21.9 Å². The van der Waals surface area contributed by atoms with Gasteiger partial charge in [0.15, 0.2) is 0 Å². The summed E-state index contributed by atoms with van der Waals surface area (Å²) in [5.74, 6) is -2.18. The molecular weight excluding hydrogens is 332 g/mol. The zero-order valence-electron chi connectivity index (χ0n) is 13.7. The number of carbonyl (C=O) groups is 2. The lowest BCUT2D eigenvalue weighted by molar-refractivity contribution is -0.141. The molecule has 0 radical (unpaired) electrons. The number of rotatable bonds is 6. The molecule has 8 heteroatoms. The fourth-order valence-corrected chi connectivity index (χ4v) is 4.25. The number of carboxylic acids is 1. The highest BCUT2D eigenvalue weighted by atomic mass is 32.2. The SMILES string of the molecule is Cc1ccc(S(=O)(=O)N2CCC[C@H]2C(=O)NC[C@H](C)C(=O)O)cc1. The van der Waals surface area contributed by atoms with Gasteiger partial charge in [-0.1, -0.05) is 24.6 Å². The molecule has 1 aliphatic heterocycles. The Bertz CT molecular complexity index is 714. The maximum atomic E-state index is 12.8. The van der Waals surface area contributed by atoms with E-state index in [0.29, 0.717) is 12.8 Å². The topological polar surface area (TPSA) is 104 Å². The first-order chi connectivity index (χ1) is 11.2. The van der Waals surface area contributed by atoms with Crippen LogP contribution < -0.4 is 5.32 Å². The van der Waals surface area contributed by atoms with Crippen molar-refractivity contribution in [1.82, 2.24) is 9.62 Å². The molecule has 1 heterocycles. The Morgan fingerprint density at radius 2 is 1.96 bits per heavy atom. The first-order valence-electron chi connectivity index (χ1n) is 7.82. The minimum Gasteiger partial charge on any atom is -0.481 e. The van der Waals surface area contributed by atoms with Gasteiger partial charge in [-0.3, -0.25) is 9.59 Å². The highest BCUT2D eigenvalue weighted by molar-refractivity contribution is 7.89. The lowest BCUT2D eigenvalue weighted by Gasteiger charge is -2.23. The van der Waals surface area contributed by atoms with E-state index in [0.717, 1.165) is 5.56 Å². The number of nitrogens with one attached hydrogen (secondary N) is 1. The van der Waals surface area contributed by atoms with E-state index < -0.39 is 33.9 Å². The Kier molecular flexibility index (Phi) is 5.61. The predicted molar refractivity (Wildman–Crippen MR) is 87.9 cm³/mol. The molecule has 1 amide bonds. The molecule has 0 unspecified atom stereocenters. The van der Waals surface area contributed by atoms with Crippen molar-refractivity contribution in [3.8, 4) is 0 Å². The molecule has 0 spiro atoms. The maximum Gasteiger partial charge on any atom is 0.308 e. The highest BCUT2D eigenvalue weighted by Crippen LogP contribution is 2.26. The molecule has 1 aromatic carbocycles. The van der Waals surface area contributed by atoms with Crippen LogP contribution >= 0.6 is 0 Å². The summed E-state index contributed by atoms with van der Waals surface area (Å²) in [6.45, 7) is 3.61. The van der Waals surface area contributed by atoms with Crippen LogP contribution in [0.2, 0.25) is 0 Å². The number of hydrogen-bond acceptors (Lipinski definition) is 4. The number of aryl methyl sites for hydroxylation is 1. The standard InChI is InChI=1S/C16H22N2O5S/c1-11-5-7-13(8-6-11)24(22,23)18-9-3-4-14(18)15(19)17-10-12(2)16(20)21/h5-8,12,14H,3-4,9-10H2,1-2H3,(H,17,19)(H,20,21)/t12-,14-/m0/s1. The molecule has 2 atom stereocenters. The summed E-state index contributed by atoms with van der Waals surface area (Å²) < 4.78 is 26.7. The highest BCUT2D eigenvalue weighted by Gasteiger charge is 2.39. The van der Waals surface area contributed by atoms with Gasteiger partial charge in [0.05, 0.1) is 10.8 Å². The molecule has 2 rings (SSSR count). The number of aliphatic carboxylic acids is 1. The van der Waals surface area contributed by atoms with E-state index in [-0.39, 0.29) is 18.0 Å². The van der Waals surface area contributed by atoms with E-state index >= 15 is 0 Å². The molecule has 1 fully saturated rings.